The Hall–Kier alpha value is -2.77. The zero-order chi connectivity index (χ0) is 21.5. The fourth-order valence-corrected chi connectivity index (χ4v) is 4.12. The number of para-hydroxylation sites is 1. The third kappa shape index (κ3) is 5.68. The van der Waals surface area contributed by atoms with E-state index in [1.165, 1.54) is 0 Å². The molecule has 0 radical (unpaired) electrons. The number of hydrogen-bond acceptors (Lipinski definition) is 6. The predicted octanol–water partition coefficient (Wildman–Crippen LogP) is 4.80. The number of piperidine rings is 1. The molecule has 0 bridgehead atoms. The molecule has 1 atom stereocenters. The van der Waals surface area contributed by atoms with Crippen LogP contribution in [0, 0.1) is 0 Å². The summed E-state index contributed by atoms with van der Waals surface area (Å²) < 4.78 is 17.2. The maximum absolute atomic E-state index is 12.9. The number of ether oxygens (including phenoxy) is 2. The van der Waals surface area contributed by atoms with Gasteiger partial charge in [-0.05, 0) is 36.8 Å². The van der Waals surface area contributed by atoms with Crippen molar-refractivity contribution in [2.45, 2.75) is 37.1 Å². The number of benzene rings is 2. The number of aromatic nitrogens is 1. The summed E-state index contributed by atoms with van der Waals surface area (Å²) >= 11 is 1.62. The number of likely N-dealkylation sites (tertiary alicyclic amines) is 1. The highest BCUT2D eigenvalue weighted by atomic mass is 32.2. The molecule has 3 aromatic rings. The van der Waals surface area contributed by atoms with Crippen LogP contribution in [0.15, 0.2) is 70.1 Å². The summed E-state index contributed by atoms with van der Waals surface area (Å²) in [7, 11) is 0. The van der Waals surface area contributed by atoms with Gasteiger partial charge in [0.2, 0.25) is 0 Å². The van der Waals surface area contributed by atoms with Gasteiger partial charge in [-0.1, -0.05) is 47.6 Å². The Kier molecular flexibility index (Phi) is 7.27. The minimum atomic E-state index is -0.132. The summed E-state index contributed by atoms with van der Waals surface area (Å²) in [5, 5.41) is 3.97. The summed E-state index contributed by atoms with van der Waals surface area (Å²) in [5.41, 5.74) is 1.44. The number of hydrogen-bond donors (Lipinski definition) is 0. The van der Waals surface area contributed by atoms with Gasteiger partial charge >= 0.3 is 0 Å². The van der Waals surface area contributed by atoms with Crippen molar-refractivity contribution in [1.29, 1.82) is 0 Å². The third-order valence-corrected chi connectivity index (χ3v) is 5.99. The molecule has 162 valence electrons. The molecule has 31 heavy (non-hydrogen) atoms. The SMILES string of the molecule is CSc1ccccc1OCc1cc(C(=O)N2CCCC(OCc3ccccc3)C2)no1. The van der Waals surface area contributed by atoms with Crippen molar-refractivity contribution in [1.82, 2.24) is 10.1 Å². The summed E-state index contributed by atoms with van der Waals surface area (Å²) in [5.74, 6) is 1.18. The monoisotopic (exact) mass is 438 g/mol. The van der Waals surface area contributed by atoms with E-state index in [1.54, 1.807) is 22.7 Å². The minimum absolute atomic E-state index is 0.0238. The van der Waals surface area contributed by atoms with Crippen molar-refractivity contribution in [3.8, 4) is 5.75 Å². The molecular weight excluding hydrogens is 412 g/mol. The molecule has 0 spiro atoms. The first kappa shape index (κ1) is 21.5. The highest BCUT2D eigenvalue weighted by Crippen LogP contribution is 2.27. The molecule has 2 aromatic carbocycles. The van der Waals surface area contributed by atoms with Gasteiger partial charge in [-0.2, -0.15) is 0 Å². The first-order chi connectivity index (χ1) is 15.2. The fourth-order valence-electron chi connectivity index (χ4n) is 3.58. The van der Waals surface area contributed by atoms with E-state index < -0.39 is 0 Å². The highest BCUT2D eigenvalue weighted by molar-refractivity contribution is 7.98. The van der Waals surface area contributed by atoms with E-state index in [9.17, 15) is 4.79 Å². The zero-order valence-corrected chi connectivity index (χ0v) is 18.3. The lowest BCUT2D eigenvalue weighted by atomic mass is 10.1. The number of nitrogens with zero attached hydrogens (tertiary/aromatic N) is 2. The van der Waals surface area contributed by atoms with Gasteiger partial charge < -0.3 is 18.9 Å². The number of carbonyl (C=O) groups is 1. The van der Waals surface area contributed by atoms with E-state index in [1.807, 2.05) is 60.9 Å². The molecule has 2 heterocycles. The van der Waals surface area contributed by atoms with Gasteiger partial charge in [0.05, 0.1) is 12.7 Å². The van der Waals surface area contributed by atoms with Crippen LogP contribution in [0.3, 0.4) is 0 Å². The van der Waals surface area contributed by atoms with Crippen molar-refractivity contribution in [3.63, 3.8) is 0 Å². The van der Waals surface area contributed by atoms with Gasteiger partial charge in [-0.25, -0.2) is 0 Å². The standard InChI is InChI=1S/C24H26N2O4S/c1-31-23-12-6-5-11-22(23)29-17-20-14-21(25-30-20)24(27)26-13-7-10-19(15-26)28-16-18-8-3-2-4-9-18/h2-6,8-9,11-12,14,19H,7,10,13,15-17H2,1H3. The van der Waals surface area contributed by atoms with Gasteiger partial charge in [0.15, 0.2) is 11.5 Å². The Morgan fingerprint density at radius 3 is 2.81 bits per heavy atom. The second-order valence-electron chi connectivity index (χ2n) is 7.43. The number of carbonyl (C=O) groups excluding carboxylic acids is 1. The van der Waals surface area contributed by atoms with Crippen molar-refractivity contribution in [3.05, 3.63) is 77.7 Å². The van der Waals surface area contributed by atoms with Crippen LogP contribution in [-0.4, -0.2) is 41.4 Å². The van der Waals surface area contributed by atoms with Gasteiger partial charge in [-0.15, -0.1) is 11.8 Å². The van der Waals surface area contributed by atoms with E-state index in [2.05, 4.69) is 5.16 Å². The van der Waals surface area contributed by atoms with Crippen molar-refractivity contribution < 1.29 is 18.8 Å². The highest BCUT2D eigenvalue weighted by Gasteiger charge is 2.27. The van der Waals surface area contributed by atoms with Gasteiger partial charge in [0.25, 0.3) is 5.91 Å². The maximum atomic E-state index is 12.9. The van der Waals surface area contributed by atoms with Crippen LogP contribution < -0.4 is 4.74 Å². The summed E-state index contributed by atoms with van der Waals surface area (Å²) in [6, 6.07) is 19.6. The maximum Gasteiger partial charge on any atom is 0.276 e. The Labute approximate surface area is 186 Å². The predicted molar refractivity (Wildman–Crippen MR) is 119 cm³/mol. The van der Waals surface area contributed by atoms with Gasteiger partial charge in [-0.3, -0.25) is 4.79 Å². The van der Waals surface area contributed by atoms with Crippen LogP contribution in [0.1, 0.15) is 34.7 Å². The van der Waals surface area contributed by atoms with Crippen molar-refractivity contribution in [2.24, 2.45) is 0 Å². The summed E-state index contributed by atoms with van der Waals surface area (Å²) in [4.78, 5) is 15.8. The van der Waals surface area contributed by atoms with E-state index >= 15 is 0 Å². The fraction of sp³-hybridized carbons (Fsp3) is 0.333. The van der Waals surface area contributed by atoms with Crippen LogP contribution in [0.25, 0.3) is 0 Å². The lowest BCUT2D eigenvalue weighted by molar-refractivity contribution is -0.00699. The van der Waals surface area contributed by atoms with Crippen molar-refractivity contribution >= 4 is 17.7 Å². The Balaban J connectivity index is 1.31. The molecule has 1 unspecified atom stereocenters. The summed E-state index contributed by atoms with van der Waals surface area (Å²) in [6.45, 7) is 2.03. The summed E-state index contributed by atoms with van der Waals surface area (Å²) in [6.07, 6.45) is 3.88. The Bertz CT molecular complexity index is 992. The van der Waals surface area contributed by atoms with Gasteiger partial charge in [0, 0.05) is 24.1 Å². The first-order valence-corrected chi connectivity index (χ1v) is 11.6. The third-order valence-electron chi connectivity index (χ3n) is 5.21. The number of rotatable bonds is 8. The molecule has 1 saturated heterocycles. The van der Waals surface area contributed by atoms with Crippen LogP contribution in [0.4, 0.5) is 0 Å². The molecule has 4 rings (SSSR count). The van der Waals surface area contributed by atoms with E-state index in [-0.39, 0.29) is 18.6 Å². The van der Waals surface area contributed by atoms with Crippen LogP contribution in [0.2, 0.25) is 0 Å². The molecule has 1 aliphatic heterocycles. The molecule has 0 saturated carbocycles. The van der Waals surface area contributed by atoms with Gasteiger partial charge in [0.1, 0.15) is 12.4 Å². The average Bonchev–Trinajstić information content (AvgIpc) is 3.31. The average molecular weight is 439 g/mol. The molecule has 1 aromatic heterocycles. The quantitative estimate of drug-likeness (QED) is 0.471. The second kappa shape index (κ2) is 10.5. The molecular formula is C24H26N2O4S. The normalized spacial score (nSPS) is 16.3. The van der Waals surface area contributed by atoms with Crippen LogP contribution >= 0.6 is 11.8 Å². The smallest absolute Gasteiger partial charge is 0.276 e. The first-order valence-electron chi connectivity index (χ1n) is 10.4. The molecule has 7 heteroatoms. The molecule has 0 N–H and O–H groups in total. The molecule has 0 aliphatic carbocycles. The number of amides is 1. The van der Waals surface area contributed by atoms with Crippen molar-refractivity contribution in [2.75, 3.05) is 19.3 Å². The lowest BCUT2D eigenvalue weighted by Gasteiger charge is -2.32. The molecule has 1 fully saturated rings. The van der Waals surface area contributed by atoms with E-state index in [0.29, 0.717) is 31.2 Å². The van der Waals surface area contributed by atoms with Crippen LogP contribution in [-0.2, 0) is 18.0 Å². The molecule has 1 aliphatic rings. The minimum Gasteiger partial charge on any atom is -0.484 e. The topological polar surface area (TPSA) is 64.8 Å². The zero-order valence-electron chi connectivity index (χ0n) is 17.5. The molecule has 1 amide bonds. The second-order valence-corrected chi connectivity index (χ2v) is 8.28. The number of thioether (sulfide) groups is 1. The molecule has 6 nitrogen and oxygen atoms in total. The Morgan fingerprint density at radius 2 is 1.97 bits per heavy atom. The largest absolute Gasteiger partial charge is 0.484 e. The van der Waals surface area contributed by atoms with E-state index in [4.69, 9.17) is 14.0 Å². The van der Waals surface area contributed by atoms with E-state index in [0.717, 1.165) is 29.1 Å². The van der Waals surface area contributed by atoms with Crippen LogP contribution in [0.5, 0.6) is 5.75 Å². The lowest BCUT2D eigenvalue weighted by Crippen LogP contribution is -2.43. The Morgan fingerprint density at radius 1 is 1.16 bits per heavy atom.